The molecule has 46 heavy (non-hydrogen) atoms. The summed E-state index contributed by atoms with van der Waals surface area (Å²) in [4.78, 5) is 59.4. The first kappa shape index (κ1) is 30.2. The molecule has 1 saturated carbocycles. The van der Waals surface area contributed by atoms with Gasteiger partial charge in [0.2, 0.25) is 11.8 Å². The first-order valence-corrected chi connectivity index (χ1v) is 16.4. The van der Waals surface area contributed by atoms with Crippen LogP contribution in [0.1, 0.15) is 59.4 Å². The van der Waals surface area contributed by atoms with Gasteiger partial charge in [0.1, 0.15) is 0 Å². The molecule has 4 fully saturated rings. The number of hydrogen-bond donors (Lipinski definition) is 1. The number of amides is 4. The molecular weight excluding hydrogens is 580 g/mol. The fraction of sp³-hybridized carbons (Fsp3) is 0.472. The minimum absolute atomic E-state index is 0.0134. The summed E-state index contributed by atoms with van der Waals surface area (Å²) < 4.78 is 1.76. The third-order valence-electron chi connectivity index (χ3n) is 10.6. The van der Waals surface area contributed by atoms with Crippen molar-refractivity contribution < 1.29 is 19.2 Å². The lowest BCUT2D eigenvalue weighted by Crippen LogP contribution is -2.65. The Morgan fingerprint density at radius 3 is 2.07 bits per heavy atom. The number of benzene rings is 2. The molecule has 10 nitrogen and oxygen atoms in total. The number of aromatic nitrogens is 2. The van der Waals surface area contributed by atoms with E-state index in [1.807, 2.05) is 70.5 Å². The lowest BCUT2D eigenvalue weighted by Gasteiger charge is -2.50. The summed E-state index contributed by atoms with van der Waals surface area (Å²) in [6.45, 7) is 7.65. The molecule has 1 aromatic heterocycles. The Hall–Kier alpha value is -4.47. The van der Waals surface area contributed by atoms with E-state index in [9.17, 15) is 19.2 Å². The zero-order valence-electron chi connectivity index (χ0n) is 26.6. The van der Waals surface area contributed by atoms with Gasteiger partial charge >= 0.3 is 0 Å². The zero-order chi connectivity index (χ0) is 32.1. The van der Waals surface area contributed by atoms with Crippen LogP contribution in [-0.2, 0) is 16.1 Å². The van der Waals surface area contributed by atoms with Gasteiger partial charge in [0.25, 0.3) is 11.8 Å². The van der Waals surface area contributed by atoms with E-state index in [0.717, 1.165) is 12.0 Å². The number of carbonyl (C=O) groups excluding carboxylic acids is 4. The van der Waals surface area contributed by atoms with E-state index < -0.39 is 11.3 Å². The summed E-state index contributed by atoms with van der Waals surface area (Å²) in [6.07, 6.45) is 5.61. The zero-order valence-corrected chi connectivity index (χ0v) is 26.6. The average Bonchev–Trinajstić information content (AvgIpc) is 3.36. The number of likely N-dealkylation sites (tertiary alicyclic amines) is 3. The van der Waals surface area contributed by atoms with Crippen LogP contribution < -0.4 is 5.32 Å². The van der Waals surface area contributed by atoms with Gasteiger partial charge in [0.05, 0.1) is 24.2 Å². The molecule has 3 aromatic rings. The molecule has 0 radical (unpaired) electrons. The number of piperidine rings is 1. The average molecular weight is 623 g/mol. The molecule has 4 heterocycles. The minimum atomic E-state index is -0.474. The maximum absolute atomic E-state index is 13.9. The summed E-state index contributed by atoms with van der Waals surface area (Å²) in [7, 11) is 0. The molecule has 240 valence electrons. The second-order valence-corrected chi connectivity index (χ2v) is 14.4. The minimum Gasteiger partial charge on any atom is -0.353 e. The Balaban J connectivity index is 1.02. The molecule has 4 amide bonds. The summed E-state index contributed by atoms with van der Waals surface area (Å²) in [5.41, 5.74) is 1.82. The molecule has 3 aliphatic heterocycles. The Labute approximate surface area is 269 Å². The van der Waals surface area contributed by atoms with Gasteiger partial charge in [-0.1, -0.05) is 62.4 Å². The molecule has 0 bridgehead atoms. The van der Waals surface area contributed by atoms with Crippen molar-refractivity contribution in [2.75, 3.05) is 39.3 Å². The van der Waals surface area contributed by atoms with E-state index in [2.05, 4.69) is 24.3 Å². The maximum atomic E-state index is 13.9. The van der Waals surface area contributed by atoms with Crippen molar-refractivity contribution in [3.05, 3.63) is 89.7 Å². The third-order valence-corrected chi connectivity index (χ3v) is 10.6. The van der Waals surface area contributed by atoms with Crippen LogP contribution in [0.15, 0.2) is 73.1 Å². The molecule has 7 rings (SSSR count). The Kier molecular flexibility index (Phi) is 7.69. The van der Waals surface area contributed by atoms with E-state index in [0.29, 0.717) is 69.8 Å². The maximum Gasteiger partial charge on any atom is 0.257 e. The van der Waals surface area contributed by atoms with Gasteiger partial charge in [-0.15, -0.1) is 0 Å². The number of nitrogens with zero attached hydrogens (tertiary/aromatic N) is 5. The summed E-state index contributed by atoms with van der Waals surface area (Å²) >= 11 is 0. The molecule has 1 aliphatic carbocycles. The topological polar surface area (TPSA) is 108 Å². The summed E-state index contributed by atoms with van der Waals surface area (Å²) in [5, 5.41) is 7.70. The van der Waals surface area contributed by atoms with Gasteiger partial charge in [0, 0.05) is 68.4 Å². The first-order valence-electron chi connectivity index (χ1n) is 16.4. The molecule has 1 N–H and O–H groups in total. The van der Waals surface area contributed by atoms with Crippen LogP contribution in [0.2, 0.25) is 0 Å². The SMILES string of the molecule is CC1(C)C[C@@H]1C(=O)N1CC2(CN(C(=O)c3cnn(Cc4ccccc4)c3)C[C@H]2C(=O)NC2CCN(C(=O)c3ccccc3)CC2)C1. The molecule has 10 heteroatoms. The summed E-state index contributed by atoms with van der Waals surface area (Å²) in [5.74, 6) is -0.417. The van der Waals surface area contributed by atoms with Crippen molar-refractivity contribution in [2.45, 2.75) is 45.7 Å². The summed E-state index contributed by atoms with van der Waals surface area (Å²) in [6, 6.07) is 19.2. The number of carbonyl (C=O) groups is 4. The van der Waals surface area contributed by atoms with Crippen molar-refractivity contribution in [1.82, 2.24) is 29.8 Å². The van der Waals surface area contributed by atoms with Crippen LogP contribution in [0, 0.1) is 22.7 Å². The highest BCUT2D eigenvalue weighted by molar-refractivity contribution is 5.95. The molecule has 3 saturated heterocycles. The van der Waals surface area contributed by atoms with Crippen molar-refractivity contribution in [1.29, 1.82) is 0 Å². The van der Waals surface area contributed by atoms with Crippen LogP contribution in [-0.4, -0.2) is 93.4 Å². The van der Waals surface area contributed by atoms with E-state index in [1.165, 1.54) is 0 Å². The fourth-order valence-electron chi connectivity index (χ4n) is 7.59. The van der Waals surface area contributed by atoms with Crippen molar-refractivity contribution in [2.24, 2.45) is 22.7 Å². The highest BCUT2D eigenvalue weighted by Gasteiger charge is 2.62. The van der Waals surface area contributed by atoms with Crippen LogP contribution in [0.5, 0.6) is 0 Å². The van der Waals surface area contributed by atoms with E-state index in [-0.39, 0.29) is 41.0 Å². The predicted molar refractivity (Wildman–Crippen MR) is 172 cm³/mol. The van der Waals surface area contributed by atoms with Crippen molar-refractivity contribution >= 4 is 23.6 Å². The Morgan fingerprint density at radius 2 is 1.41 bits per heavy atom. The molecular formula is C36H42N6O4. The number of hydrogen-bond acceptors (Lipinski definition) is 5. The van der Waals surface area contributed by atoms with Gasteiger partial charge < -0.3 is 20.0 Å². The first-order chi connectivity index (χ1) is 22.1. The number of nitrogens with one attached hydrogen (secondary N) is 1. The highest BCUT2D eigenvalue weighted by atomic mass is 16.2. The predicted octanol–water partition coefficient (Wildman–Crippen LogP) is 3.30. The van der Waals surface area contributed by atoms with Gasteiger partial charge in [-0.3, -0.25) is 23.9 Å². The van der Waals surface area contributed by atoms with Crippen LogP contribution in [0.3, 0.4) is 0 Å². The van der Waals surface area contributed by atoms with E-state index >= 15 is 0 Å². The molecule has 2 aromatic carbocycles. The van der Waals surface area contributed by atoms with Gasteiger partial charge in [-0.05, 0) is 42.4 Å². The molecule has 2 atom stereocenters. The fourth-order valence-corrected chi connectivity index (χ4v) is 7.59. The van der Waals surface area contributed by atoms with Gasteiger partial charge in [0.15, 0.2) is 0 Å². The Morgan fingerprint density at radius 1 is 0.804 bits per heavy atom. The number of rotatable bonds is 7. The van der Waals surface area contributed by atoms with E-state index in [1.54, 1.807) is 22.0 Å². The standard InChI is InChI=1S/C36H42N6O4/c1-35(2)17-29(35)34(46)41-23-36(24-41)22-40(33(45)27-18-37-42(20-27)19-25-9-5-3-6-10-25)21-30(36)31(43)38-28-13-15-39(16-14-28)32(44)26-11-7-4-8-12-26/h3-12,18,20,28-30H,13-17,19,21-24H2,1-2H3,(H,38,43)/t29-,30+/m1/s1. The van der Waals surface area contributed by atoms with Crippen LogP contribution in [0.4, 0.5) is 0 Å². The molecule has 4 aliphatic rings. The second-order valence-electron chi connectivity index (χ2n) is 14.4. The van der Waals surface area contributed by atoms with Gasteiger partial charge in [-0.2, -0.15) is 5.10 Å². The largest absolute Gasteiger partial charge is 0.353 e. The van der Waals surface area contributed by atoms with Crippen LogP contribution >= 0.6 is 0 Å². The normalized spacial score (nSPS) is 23.2. The lowest BCUT2D eigenvalue weighted by molar-refractivity contribution is -0.151. The highest BCUT2D eigenvalue weighted by Crippen LogP contribution is 2.54. The van der Waals surface area contributed by atoms with E-state index in [4.69, 9.17) is 0 Å². The molecule has 0 unspecified atom stereocenters. The molecule has 1 spiro atoms. The van der Waals surface area contributed by atoms with Crippen LogP contribution in [0.25, 0.3) is 0 Å². The second kappa shape index (κ2) is 11.7. The Bertz CT molecular complexity index is 1620. The van der Waals surface area contributed by atoms with Crippen molar-refractivity contribution in [3.63, 3.8) is 0 Å². The third kappa shape index (κ3) is 5.81. The quantitative estimate of drug-likeness (QED) is 0.435. The lowest BCUT2D eigenvalue weighted by atomic mass is 9.70. The van der Waals surface area contributed by atoms with Gasteiger partial charge in [-0.25, -0.2) is 0 Å². The smallest absolute Gasteiger partial charge is 0.257 e. The monoisotopic (exact) mass is 622 g/mol. The van der Waals surface area contributed by atoms with Crippen molar-refractivity contribution in [3.8, 4) is 0 Å².